The molecule has 0 radical (unpaired) electrons. The van der Waals surface area contributed by atoms with Crippen LogP contribution in [0.5, 0.6) is 0 Å². The molecule has 2 rings (SSSR count). The van der Waals surface area contributed by atoms with Crippen molar-refractivity contribution in [2.75, 3.05) is 7.11 Å². The molecule has 0 saturated carbocycles. The van der Waals surface area contributed by atoms with Crippen LogP contribution in [-0.4, -0.2) is 46.7 Å². The molecule has 0 aromatic carbocycles. The molecule has 0 amide bonds. The zero-order chi connectivity index (χ0) is 19.5. The van der Waals surface area contributed by atoms with Gasteiger partial charge in [0.25, 0.3) is 0 Å². The van der Waals surface area contributed by atoms with Gasteiger partial charge in [-0.15, -0.1) is 0 Å². The lowest BCUT2D eigenvalue weighted by Crippen LogP contribution is -2.40. The summed E-state index contributed by atoms with van der Waals surface area (Å²) in [6, 6.07) is 0. The number of hydrogen-bond donors (Lipinski definition) is 2. The first-order chi connectivity index (χ1) is 12.1. The molecule has 5 atom stereocenters. The van der Waals surface area contributed by atoms with Gasteiger partial charge in [0, 0.05) is 5.57 Å². The van der Waals surface area contributed by atoms with Crippen LogP contribution in [0.1, 0.15) is 65.7 Å². The molecule has 0 aromatic rings. The predicted molar refractivity (Wildman–Crippen MR) is 101 cm³/mol. The Morgan fingerprint density at radius 3 is 2.69 bits per heavy atom. The number of aliphatic hydroxyl groups excluding tert-OH is 1. The normalized spacial score (nSPS) is 39.2. The maximum Gasteiger partial charge on any atom is 0.333 e. The van der Waals surface area contributed by atoms with E-state index in [0.29, 0.717) is 31.3 Å². The number of ether oxygens (including phenoxy) is 2. The van der Waals surface area contributed by atoms with E-state index in [9.17, 15) is 15.0 Å². The van der Waals surface area contributed by atoms with Crippen molar-refractivity contribution in [1.82, 2.24) is 0 Å². The van der Waals surface area contributed by atoms with E-state index in [-0.39, 0.29) is 17.6 Å². The number of methoxy groups -OCH3 is 1. The van der Waals surface area contributed by atoms with Gasteiger partial charge < -0.3 is 19.7 Å². The zero-order valence-corrected chi connectivity index (χ0v) is 16.6. The summed E-state index contributed by atoms with van der Waals surface area (Å²) >= 11 is 0. The Morgan fingerprint density at radius 1 is 1.35 bits per heavy atom. The van der Waals surface area contributed by atoms with Crippen LogP contribution in [0.2, 0.25) is 0 Å². The van der Waals surface area contributed by atoms with E-state index in [2.05, 4.69) is 26.5 Å². The molecule has 1 heterocycles. The van der Waals surface area contributed by atoms with Crippen molar-refractivity contribution in [2.24, 2.45) is 5.92 Å². The predicted octanol–water partition coefficient (Wildman–Crippen LogP) is 3.29. The maximum atomic E-state index is 12.0. The monoisotopic (exact) mass is 366 g/mol. The number of fused-ring (bicyclic) bond motifs is 1. The van der Waals surface area contributed by atoms with Crippen LogP contribution in [0.3, 0.4) is 0 Å². The number of hydrogen-bond acceptors (Lipinski definition) is 5. The molecule has 0 bridgehead atoms. The average molecular weight is 366 g/mol. The molecule has 1 aliphatic carbocycles. The van der Waals surface area contributed by atoms with Crippen molar-refractivity contribution in [3.05, 3.63) is 23.8 Å². The maximum absolute atomic E-state index is 12.0. The molecular formula is C21H34O5. The summed E-state index contributed by atoms with van der Waals surface area (Å²) in [6.07, 6.45) is 6.25. The highest BCUT2D eigenvalue weighted by Gasteiger charge is 2.52. The summed E-state index contributed by atoms with van der Waals surface area (Å²) in [4.78, 5) is 12.0. The van der Waals surface area contributed by atoms with E-state index < -0.39 is 17.7 Å². The van der Waals surface area contributed by atoms with E-state index >= 15 is 0 Å². The van der Waals surface area contributed by atoms with Crippen molar-refractivity contribution < 1.29 is 24.5 Å². The van der Waals surface area contributed by atoms with Gasteiger partial charge in [0.2, 0.25) is 0 Å². The van der Waals surface area contributed by atoms with Gasteiger partial charge in [0.05, 0.1) is 30.5 Å². The Hall–Kier alpha value is -1.17. The van der Waals surface area contributed by atoms with E-state index in [4.69, 9.17) is 9.47 Å². The van der Waals surface area contributed by atoms with Gasteiger partial charge in [0.1, 0.15) is 0 Å². The highest BCUT2D eigenvalue weighted by molar-refractivity contribution is 5.88. The van der Waals surface area contributed by atoms with Gasteiger partial charge >= 0.3 is 5.97 Å². The van der Waals surface area contributed by atoms with Gasteiger partial charge in [-0.25, -0.2) is 4.79 Å². The van der Waals surface area contributed by atoms with Gasteiger partial charge in [-0.05, 0) is 71.6 Å². The molecule has 5 nitrogen and oxygen atoms in total. The van der Waals surface area contributed by atoms with Gasteiger partial charge in [-0.3, -0.25) is 0 Å². The average Bonchev–Trinajstić information content (AvgIpc) is 3.23. The van der Waals surface area contributed by atoms with Gasteiger partial charge in [-0.1, -0.05) is 18.2 Å². The van der Waals surface area contributed by atoms with Crippen molar-refractivity contribution in [2.45, 2.75) is 89.1 Å². The Labute approximate surface area is 157 Å². The van der Waals surface area contributed by atoms with Crippen LogP contribution >= 0.6 is 0 Å². The number of esters is 1. The molecule has 148 valence electrons. The first kappa shape index (κ1) is 21.1. The fourth-order valence-corrected chi connectivity index (χ4v) is 3.81. The minimum absolute atomic E-state index is 0.0837. The van der Waals surface area contributed by atoms with Crippen LogP contribution in [0, 0.1) is 5.92 Å². The molecule has 1 aliphatic heterocycles. The van der Waals surface area contributed by atoms with Crippen molar-refractivity contribution >= 4 is 5.97 Å². The molecule has 5 unspecified atom stereocenters. The first-order valence-electron chi connectivity index (χ1n) is 9.60. The molecule has 1 fully saturated rings. The number of rotatable bonds is 2. The van der Waals surface area contributed by atoms with Crippen molar-refractivity contribution in [1.29, 1.82) is 0 Å². The summed E-state index contributed by atoms with van der Waals surface area (Å²) in [6.45, 7) is 9.77. The second kappa shape index (κ2) is 8.24. The molecule has 1 saturated heterocycles. The van der Waals surface area contributed by atoms with E-state index in [1.165, 1.54) is 12.7 Å². The molecule has 0 aromatic heterocycles. The topological polar surface area (TPSA) is 79.3 Å². The zero-order valence-electron chi connectivity index (χ0n) is 16.6. The minimum Gasteiger partial charge on any atom is -0.466 e. The lowest BCUT2D eigenvalue weighted by atomic mass is 9.81. The van der Waals surface area contributed by atoms with Crippen molar-refractivity contribution in [3.63, 3.8) is 0 Å². The van der Waals surface area contributed by atoms with Crippen molar-refractivity contribution in [3.8, 4) is 0 Å². The first-order valence-corrected chi connectivity index (χ1v) is 9.60. The second-order valence-corrected chi connectivity index (χ2v) is 8.41. The third-order valence-corrected chi connectivity index (χ3v) is 6.14. The summed E-state index contributed by atoms with van der Waals surface area (Å²) in [5, 5.41) is 21.1. The summed E-state index contributed by atoms with van der Waals surface area (Å²) in [5.41, 5.74) is 0.290. The molecule has 0 spiro atoms. The molecule has 2 N–H and O–H groups in total. The number of carbonyl (C=O) groups is 1. The summed E-state index contributed by atoms with van der Waals surface area (Å²) in [7, 11) is 1.35. The van der Waals surface area contributed by atoms with Crippen LogP contribution in [-0.2, 0) is 14.3 Å². The van der Waals surface area contributed by atoms with Crippen LogP contribution in [0.15, 0.2) is 23.8 Å². The van der Waals surface area contributed by atoms with E-state index in [0.717, 1.165) is 19.3 Å². The van der Waals surface area contributed by atoms with Gasteiger partial charge in [0.15, 0.2) is 0 Å². The third kappa shape index (κ3) is 5.18. The third-order valence-electron chi connectivity index (χ3n) is 6.14. The van der Waals surface area contributed by atoms with Crippen LogP contribution in [0.25, 0.3) is 0 Å². The Morgan fingerprint density at radius 2 is 2.04 bits per heavy atom. The summed E-state index contributed by atoms with van der Waals surface area (Å²) in [5.74, 6) is -0.551. The fourth-order valence-electron chi connectivity index (χ4n) is 3.81. The fraction of sp³-hybridized carbons (Fsp3) is 0.762. The number of epoxide rings is 1. The Kier molecular flexibility index (Phi) is 6.70. The highest BCUT2D eigenvalue weighted by atomic mass is 16.6. The largest absolute Gasteiger partial charge is 0.466 e. The number of carbonyl (C=O) groups excluding carboxylic acids is 1. The minimum atomic E-state index is -1.20. The van der Waals surface area contributed by atoms with E-state index in [1.807, 2.05) is 0 Å². The Balaban J connectivity index is 2.18. The van der Waals surface area contributed by atoms with Crippen LogP contribution in [0.4, 0.5) is 0 Å². The lowest BCUT2D eigenvalue weighted by Gasteiger charge is -2.31. The second-order valence-electron chi connectivity index (χ2n) is 8.41. The van der Waals surface area contributed by atoms with E-state index in [1.54, 1.807) is 6.92 Å². The number of allylic oxidation sites excluding steroid dienone is 2. The van der Waals surface area contributed by atoms with Crippen LogP contribution < -0.4 is 0 Å². The smallest absolute Gasteiger partial charge is 0.333 e. The van der Waals surface area contributed by atoms with Gasteiger partial charge in [-0.2, -0.15) is 0 Å². The SMILES string of the molecule is C=C(C(=O)OC)C1CCC(C)(O)C(O)CCC(C)=CCCC2(C)OC2C1. The highest BCUT2D eigenvalue weighted by Crippen LogP contribution is 2.46. The molecular weight excluding hydrogens is 332 g/mol. The number of aliphatic hydroxyl groups is 2. The summed E-state index contributed by atoms with van der Waals surface area (Å²) < 4.78 is 10.8. The lowest BCUT2D eigenvalue weighted by molar-refractivity contribution is -0.136. The standard InChI is InChI=1S/C21H34O5/c1-14-7-6-11-21(4)18(26-21)13-16(15(2)19(23)25-5)10-12-20(3,24)17(22)9-8-14/h7,16-18,22,24H,2,6,8-13H2,1,3-5H3. The molecule has 5 heteroatoms. The molecule has 26 heavy (non-hydrogen) atoms. The molecule has 2 aliphatic rings. The quantitative estimate of drug-likeness (QED) is 0.339. The Bertz CT molecular complexity index is 565.